The first kappa shape index (κ1) is 17.9. The summed E-state index contributed by atoms with van der Waals surface area (Å²) in [7, 11) is 1.67. The molecule has 7 heteroatoms. The van der Waals surface area contributed by atoms with Crippen molar-refractivity contribution in [3.63, 3.8) is 0 Å². The van der Waals surface area contributed by atoms with Gasteiger partial charge in [-0.1, -0.05) is 18.2 Å². The molecule has 0 aliphatic carbocycles. The Bertz CT molecular complexity index is 1210. The minimum absolute atomic E-state index is 0.0998. The Morgan fingerprint density at radius 1 is 1.07 bits per heavy atom. The molecule has 0 bridgehead atoms. The maximum atomic E-state index is 12.6. The lowest BCUT2D eigenvalue weighted by atomic mass is 10.2. The first-order valence-corrected chi connectivity index (χ1v) is 8.98. The maximum absolute atomic E-state index is 12.6. The monoisotopic (exact) mass is 376 g/mol. The average Bonchev–Trinajstić information content (AvgIpc) is 3.13. The molecule has 1 amide bonds. The molecule has 7 nitrogen and oxygen atoms in total. The van der Waals surface area contributed by atoms with Crippen LogP contribution >= 0.6 is 0 Å². The lowest BCUT2D eigenvalue weighted by Gasteiger charge is -2.10. The lowest BCUT2D eigenvalue weighted by molar-refractivity contribution is -0.116. The molecule has 2 aromatic heterocycles. The number of anilines is 1. The van der Waals surface area contributed by atoms with E-state index in [9.17, 15) is 9.59 Å². The first-order chi connectivity index (χ1) is 13.7. The maximum Gasteiger partial charge on any atom is 0.261 e. The molecule has 0 radical (unpaired) electrons. The summed E-state index contributed by atoms with van der Waals surface area (Å²) < 4.78 is 8.53. The third-order valence-electron chi connectivity index (χ3n) is 4.67. The zero-order valence-electron chi connectivity index (χ0n) is 15.5. The number of amides is 1. The van der Waals surface area contributed by atoms with Crippen molar-refractivity contribution in [1.82, 2.24) is 14.1 Å². The SMILES string of the molecule is COCCn1ccc2c(NC(=O)Cn3cnc4ccccc4c3=O)cccc21. The van der Waals surface area contributed by atoms with Crippen molar-refractivity contribution in [2.45, 2.75) is 13.1 Å². The molecule has 0 saturated carbocycles. The van der Waals surface area contributed by atoms with E-state index < -0.39 is 0 Å². The molecule has 1 N–H and O–H groups in total. The van der Waals surface area contributed by atoms with E-state index in [4.69, 9.17) is 4.74 Å². The summed E-state index contributed by atoms with van der Waals surface area (Å²) in [6, 6.07) is 14.8. The summed E-state index contributed by atoms with van der Waals surface area (Å²) in [6.07, 6.45) is 3.38. The molecule has 28 heavy (non-hydrogen) atoms. The third kappa shape index (κ3) is 3.39. The van der Waals surface area contributed by atoms with Crippen LogP contribution in [0.25, 0.3) is 21.8 Å². The Morgan fingerprint density at radius 3 is 2.79 bits per heavy atom. The minimum Gasteiger partial charge on any atom is -0.383 e. The van der Waals surface area contributed by atoms with Gasteiger partial charge in [0.25, 0.3) is 5.56 Å². The lowest BCUT2D eigenvalue weighted by Crippen LogP contribution is -2.27. The van der Waals surface area contributed by atoms with Crippen molar-refractivity contribution < 1.29 is 9.53 Å². The Kier molecular flexibility index (Phi) is 4.90. The van der Waals surface area contributed by atoms with Crippen LogP contribution in [0.1, 0.15) is 0 Å². The van der Waals surface area contributed by atoms with Crippen molar-refractivity contribution in [2.75, 3.05) is 19.0 Å². The van der Waals surface area contributed by atoms with Gasteiger partial charge in [-0.2, -0.15) is 0 Å². The van der Waals surface area contributed by atoms with Gasteiger partial charge in [-0.05, 0) is 30.3 Å². The molecule has 0 atom stereocenters. The van der Waals surface area contributed by atoms with Crippen molar-refractivity contribution >= 4 is 33.4 Å². The third-order valence-corrected chi connectivity index (χ3v) is 4.67. The highest BCUT2D eigenvalue weighted by Gasteiger charge is 2.11. The standard InChI is InChI=1S/C21H20N4O3/c1-28-12-11-24-10-9-15-18(7-4-8-19(15)24)23-20(26)13-25-14-22-17-6-3-2-5-16(17)21(25)27/h2-10,14H,11-13H2,1H3,(H,23,26). The number of rotatable bonds is 6. The van der Waals surface area contributed by atoms with Crippen molar-refractivity contribution in [3.05, 3.63) is 71.4 Å². The van der Waals surface area contributed by atoms with Crippen molar-refractivity contribution in [2.24, 2.45) is 0 Å². The predicted octanol–water partition coefficient (Wildman–Crippen LogP) is 2.64. The molecular weight excluding hydrogens is 356 g/mol. The van der Waals surface area contributed by atoms with E-state index in [2.05, 4.69) is 14.9 Å². The number of hydrogen-bond acceptors (Lipinski definition) is 4. The summed E-state index contributed by atoms with van der Waals surface area (Å²) in [6.45, 7) is 1.24. The summed E-state index contributed by atoms with van der Waals surface area (Å²) in [5.41, 5.74) is 2.11. The Morgan fingerprint density at radius 2 is 1.93 bits per heavy atom. The van der Waals surface area contributed by atoms with Crippen molar-refractivity contribution in [3.8, 4) is 0 Å². The highest BCUT2D eigenvalue weighted by molar-refractivity contribution is 6.01. The van der Waals surface area contributed by atoms with Crippen LogP contribution in [0.4, 0.5) is 5.69 Å². The molecule has 0 fully saturated rings. The van der Waals surface area contributed by atoms with Crippen LogP contribution in [0.15, 0.2) is 65.8 Å². The van der Waals surface area contributed by atoms with Crippen molar-refractivity contribution in [1.29, 1.82) is 0 Å². The Hall–Kier alpha value is -3.45. The molecule has 0 saturated heterocycles. The zero-order valence-corrected chi connectivity index (χ0v) is 15.5. The predicted molar refractivity (Wildman–Crippen MR) is 108 cm³/mol. The number of nitrogens with zero attached hydrogens (tertiary/aromatic N) is 3. The fourth-order valence-electron chi connectivity index (χ4n) is 3.28. The van der Waals surface area contributed by atoms with Gasteiger partial charge < -0.3 is 14.6 Å². The zero-order chi connectivity index (χ0) is 19.5. The first-order valence-electron chi connectivity index (χ1n) is 8.98. The van der Waals surface area contributed by atoms with E-state index in [1.54, 1.807) is 25.3 Å². The second kappa shape index (κ2) is 7.66. The Balaban J connectivity index is 1.57. The highest BCUT2D eigenvalue weighted by atomic mass is 16.5. The summed E-state index contributed by atoms with van der Waals surface area (Å²) in [5, 5.41) is 4.34. The van der Waals surface area contributed by atoms with Gasteiger partial charge in [0.1, 0.15) is 6.54 Å². The summed E-state index contributed by atoms with van der Waals surface area (Å²) in [4.78, 5) is 29.4. The molecule has 142 valence electrons. The molecule has 0 aliphatic heterocycles. The number of carbonyl (C=O) groups is 1. The van der Waals surface area contributed by atoms with Gasteiger partial charge in [0, 0.05) is 25.2 Å². The smallest absolute Gasteiger partial charge is 0.261 e. The van der Waals surface area contributed by atoms with Gasteiger partial charge >= 0.3 is 0 Å². The fourth-order valence-corrected chi connectivity index (χ4v) is 3.28. The second-order valence-electron chi connectivity index (χ2n) is 6.48. The molecule has 2 aromatic carbocycles. The molecule has 0 spiro atoms. The topological polar surface area (TPSA) is 78.2 Å². The van der Waals surface area contributed by atoms with Crippen LogP contribution in [0.3, 0.4) is 0 Å². The Labute approximate surface area is 161 Å². The van der Waals surface area contributed by atoms with E-state index in [1.807, 2.05) is 36.5 Å². The van der Waals surface area contributed by atoms with Crippen LogP contribution in [-0.4, -0.2) is 33.7 Å². The van der Waals surface area contributed by atoms with Gasteiger partial charge in [0.05, 0.1) is 35.0 Å². The molecule has 4 rings (SSSR count). The van der Waals surface area contributed by atoms with Gasteiger partial charge in [-0.25, -0.2) is 4.98 Å². The molecule has 0 unspecified atom stereocenters. The summed E-state index contributed by atoms with van der Waals surface area (Å²) in [5.74, 6) is -0.281. The van der Waals surface area contributed by atoms with E-state index in [1.165, 1.54) is 10.9 Å². The molecule has 2 heterocycles. The van der Waals surface area contributed by atoms with E-state index >= 15 is 0 Å². The van der Waals surface area contributed by atoms with Gasteiger partial charge in [-0.3, -0.25) is 14.2 Å². The van der Waals surface area contributed by atoms with E-state index in [0.29, 0.717) is 23.2 Å². The number of para-hydroxylation sites is 1. The quantitative estimate of drug-likeness (QED) is 0.561. The molecule has 4 aromatic rings. The number of methoxy groups -OCH3 is 1. The number of benzene rings is 2. The molecular formula is C21H20N4O3. The highest BCUT2D eigenvalue weighted by Crippen LogP contribution is 2.24. The van der Waals surface area contributed by atoms with Crippen LogP contribution in [0.5, 0.6) is 0 Å². The van der Waals surface area contributed by atoms with Crippen LogP contribution in [-0.2, 0) is 22.6 Å². The second-order valence-corrected chi connectivity index (χ2v) is 6.48. The number of hydrogen-bond donors (Lipinski definition) is 1. The van der Waals surface area contributed by atoms with Crippen LogP contribution in [0.2, 0.25) is 0 Å². The number of carbonyl (C=O) groups excluding carboxylic acids is 1. The number of nitrogens with one attached hydrogen (secondary N) is 1. The van der Waals surface area contributed by atoms with E-state index in [-0.39, 0.29) is 18.0 Å². The normalized spacial score (nSPS) is 11.2. The number of ether oxygens (including phenoxy) is 1. The number of aromatic nitrogens is 3. The molecule has 0 aliphatic rings. The minimum atomic E-state index is -0.281. The summed E-state index contributed by atoms with van der Waals surface area (Å²) >= 11 is 0. The van der Waals surface area contributed by atoms with Crippen LogP contribution < -0.4 is 10.9 Å². The van der Waals surface area contributed by atoms with Gasteiger partial charge in [0.15, 0.2) is 0 Å². The number of fused-ring (bicyclic) bond motifs is 2. The fraction of sp³-hybridized carbons (Fsp3) is 0.190. The van der Waals surface area contributed by atoms with Gasteiger partial charge in [-0.15, -0.1) is 0 Å². The van der Waals surface area contributed by atoms with Gasteiger partial charge in [0.2, 0.25) is 5.91 Å². The average molecular weight is 376 g/mol. The largest absolute Gasteiger partial charge is 0.383 e. The van der Waals surface area contributed by atoms with Crippen LogP contribution in [0, 0.1) is 0 Å². The van der Waals surface area contributed by atoms with E-state index in [0.717, 1.165) is 17.4 Å².